The zero-order valence-electron chi connectivity index (χ0n) is 9.12. The van der Waals surface area contributed by atoms with Crippen molar-refractivity contribution in [2.45, 2.75) is 13.0 Å². The van der Waals surface area contributed by atoms with E-state index in [2.05, 4.69) is 35.5 Å². The number of likely N-dealkylation sites (N-methyl/N-ethyl adjacent to an activating group) is 1. The standard InChI is InChI=1S/C10H18N4/c1-8-9(7-14(3)12-8)10-6-11-4-5-13(10)2/h7,10-11H,4-6H2,1-3H3. The predicted molar refractivity (Wildman–Crippen MR) is 56.2 cm³/mol. The van der Waals surface area contributed by atoms with Gasteiger partial charge in [-0.2, -0.15) is 5.10 Å². The van der Waals surface area contributed by atoms with Gasteiger partial charge in [0.2, 0.25) is 0 Å². The molecular formula is C10H18N4. The third-order valence-electron chi connectivity index (χ3n) is 2.92. The van der Waals surface area contributed by atoms with Gasteiger partial charge in [0, 0.05) is 38.4 Å². The van der Waals surface area contributed by atoms with Crippen LogP contribution in [0.4, 0.5) is 0 Å². The van der Waals surface area contributed by atoms with Crippen LogP contribution in [0.1, 0.15) is 17.3 Å². The van der Waals surface area contributed by atoms with Crippen LogP contribution in [0.15, 0.2) is 6.20 Å². The zero-order chi connectivity index (χ0) is 10.1. The SMILES string of the molecule is Cc1nn(C)cc1C1CNCCN1C. The van der Waals surface area contributed by atoms with Gasteiger partial charge in [-0.25, -0.2) is 0 Å². The normalized spacial score (nSPS) is 24.1. The first-order valence-electron chi connectivity index (χ1n) is 5.09. The van der Waals surface area contributed by atoms with E-state index in [1.54, 1.807) is 0 Å². The minimum absolute atomic E-state index is 0.484. The Morgan fingerprint density at radius 2 is 2.29 bits per heavy atom. The number of hydrogen-bond acceptors (Lipinski definition) is 3. The number of hydrogen-bond donors (Lipinski definition) is 1. The third-order valence-corrected chi connectivity index (χ3v) is 2.92. The first-order valence-corrected chi connectivity index (χ1v) is 5.09. The highest BCUT2D eigenvalue weighted by atomic mass is 15.3. The summed E-state index contributed by atoms with van der Waals surface area (Å²) in [5.74, 6) is 0. The molecule has 1 saturated heterocycles. The quantitative estimate of drug-likeness (QED) is 0.698. The molecule has 1 unspecified atom stereocenters. The van der Waals surface area contributed by atoms with Crippen molar-refractivity contribution < 1.29 is 0 Å². The smallest absolute Gasteiger partial charge is 0.0641 e. The lowest BCUT2D eigenvalue weighted by molar-refractivity contribution is 0.201. The van der Waals surface area contributed by atoms with Gasteiger partial charge in [-0.3, -0.25) is 9.58 Å². The predicted octanol–water partition coefficient (Wildman–Crippen LogP) is 0.305. The molecule has 1 fully saturated rings. The van der Waals surface area contributed by atoms with Crippen LogP contribution in [0.25, 0.3) is 0 Å². The Morgan fingerprint density at radius 1 is 1.50 bits per heavy atom. The van der Waals surface area contributed by atoms with Crippen molar-refractivity contribution in [1.29, 1.82) is 0 Å². The van der Waals surface area contributed by atoms with Gasteiger partial charge in [-0.15, -0.1) is 0 Å². The molecule has 1 N–H and O–H groups in total. The van der Waals surface area contributed by atoms with E-state index >= 15 is 0 Å². The molecule has 1 atom stereocenters. The number of rotatable bonds is 1. The van der Waals surface area contributed by atoms with Crippen LogP contribution in [0.3, 0.4) is 0 Å². The van der Waals surface area contributed by atoms with Crippen LogP contribution in [-0.2, 0) is 7.05 Å². The molecule has 1 aliphatic heterocycles. The highest BCUT2D eigenvalue weighted by Crippen LogP contribution is 2.22. The fourth-order valence-corrected chi connectivity index (χ4v) is 2.10. The summed E-state index contributed by atoms with van der Waals surface area (Å²) in [5.41, 5.74) is 2.50. The maximum Gasteiger partial charge on any atom is 0.0641 e. The lowest BCUT2D eigenvalue weighted by Crippen LogP contribution is -2.43. The van der Waals surface area contributed by atoms with E-state index in [9.17, 15) is 0 Å². The molecule has 1 aromatic rings. The molecule has 0 aliphatic carbocycles. The summed E-state index contributed by atoms with van der Waals surface area (Å²) >= 11 is 0. The van der Waals surface area contributed by atoms with E-state index in [0.29, 0.717) is 6.04 Å². The van der Waals surface area contributed by atoms with Crippen LogP contribution in [0.5, 0.6) is 0 Å². The van der Waals surface area contributed by atoms with Crippen molar-refractivity contribution in [3.05, 3.63) is 17.5 Å². The average Bonchev–Trinajstić information content (AvgIpc) is 2.46. The molecule has 0 aromatic carbocycles. The summed E-state index contributed by atoms with van der Waals surface area (Å²) in [7, 11) is 4.16. The lowest BCUT2D eigenvalue weighted by atomic mass is 10.1. The van der Waals surface area contributed by atoms with Gasteiger partial charge in [0.05, 0.1) is 11.7 Å². The maximum atomic E-state index is 4.38. The number of aromatic nitrogens is 2. The van der Waals surface area contributed by atoms with Gasteiger partial charge in [0.1, 0.15) is 0 Å². The van der Waals surface area contributed by atoms with Crippen LogP contribution >= 0.6 is 0 Å². The Morgan fingerprint density at radius 3 is 2.86 bits per heavy atom. The summed E-state index contributed by atoms with van der Waals surface area (Å²) in [6.45, 7) is 5.31. The number of nitrogens with zero attached hydrogens (tertiary/aromatic N) is 3. The van der Waals surface area contributed by atoms with Crippen molar-refractivity contribution in [2.24, 2.45) is 7.05 Å². The van der Waals surface area contributed by atoms with Gasteiger partial charge in [-0.1, -0.05) is 0 Å². The number of aryl methyl sites for hydroxylation is 2. The van der Waals surface area contributed by atoms with Crippen molar-refractivity contribution in [3.8, 4) is 0 Å². The van der Waals surface area contributed by atoms with Crippen LogP contribution in [0.2, 0.25) is 0 Å². The molecule has 2 heterocycles. The minimum Gasteiger partial charge on any atom is -0.314 e. The Balaban J connectivity index is 2.24. The Bertz CT molecular complexity index is 318. The topological polar surface area (TPSA) is 33.1 Å². The third kappa shape index (κ3) is 1.67. The highest BCUT2D eigenvalue weighted by Gasteiger charge is 2.23. The first-order chi connectivity index (χ1) is 6.68. The van der Waals surface area contributed by atoms with Gasteiger partial charge in [0.25, 0.3) is 0 Å². The van der Waals surface area contributed by atoms with E-state index in [-0.39, 0.29) is 0 Å². The monoisotopic (exact) mass is 194 g/mol. The summed E-state index contributed by atoms with van der Waals surface area (Å²) < 4.78 is 1.90. The van der Waals surface area contributed by atoms with E-state index in [1.807, 2.05) is 11.7 Å². The second kappa shape index (κ2) is 3.71. The molecule has 2 rings (SSSR count). The molecule has 0 radical (unpaired) electrons. The molecule has 1 aliphatic rings. The molecule has 78 valence electrons. The highest BCUT2D eigenvalue weighted by molar-refractivity contribution is 5.21. The first kappa shape index (κ1) is 9.68. The molecule has 14 heavy (non-hydrogen) atoms. The summed E-state index contributed by atoms with van der Waals surface area (Å²) in [6, 6.07) is 0.484. The van der Waals surface area contributed by atoms with Gasteiger partial charge < -0.3 is 5.32 Å². The van der Waals surface area contributed by atoms with E-state index in [1.165, 1.54) is 5.56 Å². The molecule has 4 nitrogen and oxygen atoms in total. The molecule has 1 aromatic heterocycles. The van der Waals surface area contributed by atoms with Gasteiger partial charge >= 0.3 is 0 Å². The Hall–Kier alpha value is -0.870. The van der Waals surface area contributed by atoms with Crippen LogP contribution < -0.4 is 5.32 Å². The molecule has 0 spiro atoms. The van der Waals surface area contributed by atoms with Crippen molar-refractivity contribution in [1.82, 2.24) is 20.0 Å². The molecule has 4 heteroatoms. The molecule has 0 bridgehead atoms. The summed E-state index contributed by atoms with van der Waals surface area (Å²) in [6.07, 6.45) is 2.13. The van der Waals surface area contributed by atoms with E-state index < -0.39 is 0 Å². The second-order valence-corrected chi connectivity index (χ2v) is 4.04. The fourth-order valence-electron chi connectivity index (χ4n) is 2.10. The molecule has 0 amide bonds. The lowest BCUT2D eigenvalue weighted by Gasteiger charge is -2.32. The summed E-state index contributed by atoms with van der Waals surface area (Å²) in [4.78, 5) is 2.39. The van der Waals surface area contributed by atoms with Crippen molar-refractivity contribution >= 4 is 0 Å². The van der Waals surface area contributed by atoms with Gasteiger partial charge in [0.15, 0.2) is 0 Å². The van der Waals surface area contributed by atoms with Crippen LogP contribution in [0, 0.1) is 6.92 Å². The largest absolute Gasteiger partial charge is 0.314 e. The number of nitrogens with one attached hydrogen (secondary N) is 1. The van der Waals surface area contributed by atoms with E-state index in [4.69, 9.17) is 0 Å². The zero-order valence-corrected chi connectivity index (χ0v) is 9.12. The molecular weight excluding hydrogens is 176 g/mol. The second-order valence-electron chi connectivity index (χ2n) is 4.04. The van der Waals surface area contributed by atoms with Crippen LogP contribution in [-0.4, -0.2) is 41.4 Å². The number of piperazine rings is 1. The minimum atomic E-state index is 0.484. The Kier molecular flexibility index (Phi) is 2.56. The summed E-state index contributed by atoms with van der Waals surface area (Å²) in [5, 5.41) is 7.80. The van der Waals surface area contributed by atoms with Gasteiger partial charge in [-0.05, 0) is 14.0 Å². The Labute approximate surface area is 84.9 Å². The van der Waals surface area contributed by atoms with Crippen molar-refractivity contribution in [2.75, 3.05) is 26.7 Å². The fraction of sp³-hybridized carbons (Fsp3) is 0.700. The molecule has 0 saturated carbocycles. The van der Waals surface area contributed by atoms with E-state index in [0.717, 1.165) is 25.3 Å². The van der Waals surface area contributed by atoms with Crippen molar-refractivity contribution in [3.63, 3.8) is 0 Å². The average molecular weight is 194 g/mol. The maximum absolute atomic E-state index is 4.38.